The van der Waals surface area contributed by atoms with Gasteiger partial charge in [-0.15, -0.1) is 0 Å². The standard InChI is InChI=1S/C10H9FN4O2/c1-17-9-3-2-6(4-7(9)11)13-10(16)8-5-12-15-14-8/h2-5H,1H3,(H,13,16)(H,12,14,15). The van der Waals surface area contributed by atoms with Crippen molar-refractivity contribution in [1.82, 2.24) is 15.4 Å². The van der Waals surface area contributed by atoms with E-state index < -0.39 is 11.7 Å². The van der Waals surface area contributed by atoms with Crippen LogP contribution in [0.15, 0.2) is 24.4 Å². The van der Waals surface area contributed by atoms with Gasteiger partial charge in [0.25, 0.3) is 5.91 Å². The second-order valence-corrected chi connectivity index (χ2v) is 3.16. The SMILES string of the molecule is COc1ccc(NC(=O)c2cn[nH]n2)cc1F. The number of nitrogens with one attached hydrogen (secondary N) is 2. The van der Waals surface area contributed by atoms with Crippen LogP contribution in [0.1, 0.15) is 10.5 Å². The maximum atomic E-state index is 13.3. The third-order valence-corrected chi connectivity index (χ3v) is 2.06. The molecule has 2 N–H and O–H groups in total. The molecule has 6 nitrogen and oxygen atoms in total. The third-order valence-electron chi connectivity index (χ3n) is 2.06. The van der Waals surface area contributed by atoms with Crippen LogP contribution in [0, 0.1) is 5.82 Å². The first kappa shape index (κ1) is 11.1. The average molecular weight is 236 g/mol. The van der Waals surface area contributed by atoms with Crippen LogP contribution in [-0.4, -0.2) is 28.4 Å². The molecular weight excluding hydrogens is 227 g/mol. The van der Waals surface area contributed by atoms with Crippen LogP contribution >= 0.6 is 0 Å². The number of aromatic nitrogens is 3. The Bertz CT molecular complexity index is 527. The monoisotopic (exact) mass is 236 g/mol. The topological polar surface area (TPSA) is 79.9 Å². The van der Waals surface area contributed by atoms with E-state index in [1.54, 1.807) is 0 Å². The fourth-order valence-corrected chi connectivity index (χ4v) is 1.25. The van der Waals surface area contributed by atoms with E-state index in [-0.39, 0.29) is 11.4 Å². The summed E-state index contributed by atoms with van der Waals surface area (Å²) < 4.78 is 18.1. The number of hydrogen-bond donors (Lipinski definition) is 2. The summed E-state index contributed by atoms with van der Waals surface area (Å²) in [6.45, 7) is 0. The molecule has 0 bridgehead atoms. The van der Waals surface area contributed by atoms with Gasteiger partial charge in [-0.1, -0.05) is 0 Å². The predicted molar refractivity (Wildman–Crippen MR) is 57.3 cm³/mol. The first-order chi connectivity index (χ1) is 8.20. The van der Waals surface area contributed by atoms with Crippen molar-refractivity contribution < 1.29 is 13.9 Å². The van der Waals surface area contributed by atoms with Crippen LogP contribution in [0.5, 0.6) is 5.75 Å². The normalized spacial score (nSPS) is 10.0. The fraction of sp³-hybridized carbons (Fsp3) is 0.100. The summed E-state index contributed by atoms with van der Waals surface area (Å²) in [6.07, 6.45) is 1.27. The number of methoxy groups -OCH3 is 1. The van der Waals surface area contributed by atoms with Crippen LogP contribution in [0.4, 0.5) is 10.1 Å². The lowest BCUT2D eigenvalue weighted by Crippen LogP contribution is -2.12. The molecule has 2 rings (SSSR count). The minimum absolute atomic E-state index is 0.115. The Labute approximate surface area is 95.8 Å². The van der Waals surface area contributed by atoms with Gasteiger partial charge in [0.1, 0.15) is 0 Å². The van der Waals surface area contributed by atoms with Crippen molar-refractivity contribution in [3.05, 3.63) is 35.9 Å². The van der Waals surface area contributed by atoms with Gasteiger partial charge >= 0.3 is 0 Å². The van der Waals surface area contributed by atoms with Crippen LogP contribution in [0.2, 0.25) is 0 Å². The number of anilines is 1. The molecule has 1 aromatic carbocycles. The summed E-state index contributed by atoms with van der Waals surface area (Å²) in [5.74, 6) is -0.904. The maximum absolute atomic E-state index is 13.3. The molecule has 0 radical (unpaired) electrons. The molecule has 0 aliphatic heterocycles. The summed E-state index contributed by atoms with van der Waals surface area (Å²) in [5.41, 5.74) is 0.442. The van der Waals surface area contributed by atoms with Gasteiger partial charge in [0.2, 0.25) is 0 Å². The van der Waals surface area contributed by atoms with Gasteiger partial charge < -0.3 is 10.1 Å². The number of aromatic amines is 1. The number of carbonyl (C=O) groups excluding carboxylic acids is 1. The Morgan fingerprint density at radius 3 is 2.94 bits per heavy atom. The molecule has 1 heterocycles. The number of amides is 1. The van der Waals surface area contributed by atoms with E-state index in [4.69, 9.17) is 4.74 Å². The highest BCUT2D eigenvalue weighted by Crippen LogP contribution is 2.20. The summed E-state index contributed by atoms with van der Waals surface area (Å²) in [5, 5.41) is 11.9. The quantitative estimate of drug-likeness (QED) is 0.839. The molecule has 1 aromatic heterocycles. The second kappa shape index (κ2) is 4.60. The third kappa shape index (κ3) is 2.39. The number of benzene rings is 1. The highest BCUT2D eigenvalue weighted by Gasteiger charge is 2.10. The van der Waals surface area contributed by atoms with Crippen molar-refractivity contribution >= 4 is 11.6 Å². The lowest BCUT2D eigenvalue weighted by molar-refractivity contribution is 0.102. The van der Waals surface area contributed by atoms with Crippen molar-refractivity contribution in [3.63, 3.8) is 0 Å². The van der Waals surface area contributed by atoms with Crippen LogP contribution < -0.4 is 10.1 Å². The first-order valence-electron chi connectivity index (χ1n) is 4.71. The van der Waals surface area contributed by atoms with Gasteiger partial charge in [-0.2, -0.15) is 15.4 Å². The molecule has 0 aliphatic rings. The van der Waals surface area contributed by atoms with Crippen molar-refractivity contribution in [1.29, 1.82) is 0 Å². The van der Waals surface area contributed by atoms with E-state index in [2.05, 4.69) is 20.7 Å². The molecule has 88 valence electrons. The lowest BCUT2D eigenvalue weighted by Gasteiger charge is -2.05. The van der Waals surface area contributed by atoms with Crippen molar-refractivity contribution in [3.8, 4) is 5.75 Å². The number of H-pyrrole nitrogens is 1. The Morgan fingerprint density at radius 2 is 2.35 bits per heavy atom. The maximum Gasteiger partial charge on any atom is 0.277 e. The zero-order chi connectivity index (χ0) is 12.3. The number of carbonyl (C=O) groups is 1. The van der Waals surface area contributed by atoms with Crippen molar-refractivity contribution in [2.45, 2.75) is 0 Å². The Hall–Kier alpha value is -2.44. The zero-order valence-corrected chi connectivity index (χ0v) is 8.90. The highest BCUT2D eigenvalue weighted by atomic mass is 19.1. The molecular formula is C10H9FN4O2. The first-order valence-corrected chi connectivity index (χ1v) is 4.71. The van der Waals surface area contributed by atoms with E-state index in [9.17, 15) is 9.18 Å². The van der Waals surface area contributed by atoms with Gasteiger partial charge in [0, 0.05) is 11.8 Å². The molecule has 0 saturated heterocycles. The smallest absolute Gasteiger partial charge is 0.277 e. The van der Waals surface area contributed by atoms with Crippen molar-refractivity contribution in [2.24, 2.45) is 0 Å². The zero-order valence-electron chi connectivity index (χ0n) is 8.90. The molecule has 1 amide bonds. The summed E-state index contributed by atoms with van der Waals surface area (Å²) in [4.78, 5) is 11.6. The van der Waals surface area contributed by atoms with Gasteiger partial charge in [0.15, 0.2) is 17.3 Å². The minimum atomic E-state index is -0.551. The number of hydrogen-bond acceptors (Lipinski definition) is 4. The largest absolute Gasteiger partial charge is 0.494 e. The molecule has 0 unspecified atom stereocenters. The molecule has 0 fully saturated rings. The molecule has 17 heavy (non-hydrogen) atoms. The van der Waals surface area contributed by atoms with Crippen LogP contribution in [0.25, 0.3) is 0 Å². The van der Waals surface area contributed by atoms with E-state index in [1.165, 1.54) is 25.4 Å². The Balaban J connectivity index is 2.14. The predicted octanol–water partition coefficient (Wildman–Crippen LogP) is 1.20. The molecule has 7 heteroatoms. The number of rotatable bonds is 3. The van der Waals surface area contributed by atoms with Gasteiger partial charge in [0.05, 0.1) is 13.3 Å². The van der Waals surface area contributed by atoms with E-state index in [1.807, 2.05) is 0 Å². The Morgan fingerprint density at radius 1 is 1.53 bits per heavy atom. The molecule has 0 atom stereocenters. The summed E-state index contributed by atoms with van der Waals surface area (Å²) in [7, 11) is 1.37. The summed E-state index contributed by atoms with van der Waals surface area (Å²) in [6, 6.07) is 4.12. The van der Waals surface area contributed by atoms with Crippen LogP contribution in [0.3, 0.4) is 0 Å². The lowest BCUT2D eigenvalue weighted by atomic mass is 10.3. The van der Waals surface area contributed by atoms with Crippen molar-refractivity contribution in [2.75, 3.05) is 12.4 Å². The van der Waals surface area contributed by atoms with E-state index >= 15 is 0 Å². The number of nitrogens with zero attached hydrogens (tertiary/aromatic N) is 2. The number of halogens is 1. The summed E-state index contributed by atoms with van der Waals surface area (Å²) >= 11 is 0. The molecule has 2 aromatic rings. The van der Waals surface area contributed by atoms with Gasteiger partial charge in [-0.05, 0) is 12.1 Å². The molecule has 0 spiro atoms. The van der Waals surface area contributed by atoms with E-state index in [0.717, 1.165) is 6.07 Å². The van der Waals surface area contributed by atoms with Gasteiger partial charge in [-0.25, -0.2) is 4.39 Å². The average Bonchev–Trinajstić information content (AvgIpc) is 2.82. The minimum Gasteiger partial charge on any atom is -0.494 e. The Kier molecular flexibility index (Phi) is 2.99. The van der Waals surface area contributed by atoms with Gasteiger partial charge in [-0.3, -0.25) is 4.79 Å². The fourth-order valence-electron chi connectivity index (χ4n) is 1.25. The van der Waals surface area contributed by atoms with Crippen LogP contribution in [-0.2, 0) is 0 Å². The second-order valence-electron chi connectivity index (χ2n) is 3.16. The number of ether oxygens (including phenoxy) is 1. The highest BCUT2D eigenvalue weighted by molar-refractivity contribution is 6.02. The van der Waals surface area contributed by atoms with E-state index in [0.29, 0.717) is 5.69 Å². The molecule has 0 aliphatic carbocycles. The molecule has 0 saturated carbocycles.